The van der Waals surface area contributed by atoms with Gasteiger partial charge in [0.2, 0.25) is 0 Å². The van der Waals surface area contributed by atoms with Gasteiger partial charge in [-0.2, -0.15) is 0 Å². The summed E-state index contributed by atoms with van der Waals surface area (Å²) >= 11 is 0. The van der Waals surface area contributed by atoms with Gasteiger partial charge in [-0.1, -0.05) is 24.3 Å². The molecule has 0 aliphatic carbocycles. The number of esters is 1. The van der Waals surface area contributed by atoms with E-state index in [0.29, 0.717) is 5.52 Å². The molecule has 0 aliphatic heterocycles. The maximum atomic E-state index is 13.4. The SMILES string of the molecule is O=C(COC(=O)c1ccc2ccccc2n1)Nc1cc(F)ccc1F. The minimum Gasteiger partial charge on any atom is -0.451 e. The number of ether oxygens (including phenoxy) is 1. The highest BCUT2D eigenvalue weighted by Crippen LogP contribution is 2.15. The molecule has 0 fully saturated rings. The molecule has 5 nitrogen and oxygen atoms in total. The summed E-state index contributed by atoms with van der Waals surface area (Å²) in [4.78, 5) is 27.8. The fourth-order valence-electron chi connectivity index (χ4n) is 2.16. The van der Waals surface area contributed by atoms with E-state index in [2.05, 4.69) is 10.3 Å². The molecular formula is C18H12F2N2O3. The molecule has 1 heterocycles. The molecule has 3 rings (SSSR count). The Labute approximate surface area is 141 Å². The number of nitrogens with zero attached hydrogens (tertiary/aromatic N) is 1. The van der Waals surface area contributed by atoms with Crippen LogP contribution in [-0.2, 0) is 9.53 Å². The van der Waals surface area contributed by atoms with Crippen LogP contribution in [0.2, 0.25) is 0 Å². The van der Waals surface area contributed by atoms with Crippen LogP contribution in [0.4, 0.5) is 14.5 Å². The number of hydrogen-bond donors (Lipinski definition) is 1. The first-order valence-corrected chi connectivity index (χ1v) is 7.31. The summed E-state index contributed by atoms with van der Waals surface area (Å²) in [5, 5.41) is 3.00. The third kappa shape index (κ3) is 3.95. The van der Waals surface area contributed by atoms with Gasteiger partial charge in [0.15, 0.2) is 6.61 Å². The molecule has 0 spiro atoms. The molecule has 2 aromatic carbocycles. The highest BCUT2D eigenvalue weighted by atomic mass is 19.1. The molecular weight excluding hydrogens is 330 g/mol. The highest BCUT2D eigenvalue weighted by Gasteiger charge is 2.14. The third-order valence-electron chi connectivity index (χ3n) is 3.34. The van der Waals surface area contributed by atoms with Crippen molar-refractivity contribution < 1.29 is 23.1 Å². The lowest BCUT2D eigenvalue weighted by molar-refractivity contribution is -0.119. The van der Waals surface area contributed by atoms with Gasteiger partial charge in [-0.15, -0.1) is 0 Å². The van der Waals surface area contributed by atoms with Crippen molar-refractivity contribution in [2.45, 2.75) is 0 Å². The minimum atomic E-state index is -0.794. The number of benzene rings is 2. The molecule has 0 unspecified atom stereocenters. The van der Waals surface area contributed by atoms with Crippen molar-refractivity contribution >= 4 is 28.5 Å². The van der Waals surface area contributed by atoms with Crippen molar-refractivity contribution in [2.24, 2.45) is 0 Å². The van der Waals surface area contributed by atoms with Crippen LogP contribution in [0.1, 0.15) is 10.5 Å². The smallest absolute Gasteiger partial charge is 0.357 e. The van der Waals surface area contributed by atoms with E-state index >= 15 is 0 Å². The average Bonchev–Trinajstić information content (AvgIpc) is 2.62. The summed E-state index contributed by atoms with van der Waals surface area (Å²) in [5.74, 6) is -3.08. The van der Waals surface area contributed by atoms with E-state index in [9.17, 15) is 18.4 Å². The maximum absolute atomic E-state index is 13.4. The molecule has 1 N–H and O–H groups in total. The van der Waals surface area contributed by atoms with Crippen LogP contribution in [0.5, 0.6) is 0 Å². The number of hydrogen-bond acceptors (Lipinski definition) is 4. The van der Waals surface area contributed by atoms with Crippen LogP contribution in [0.15, 0.2) is 54.6 Å². The summed E-state index contributed by atoms with van der Waals surface area (Å²) in [6, 6.07) is 13.1. The van der Waals surface area contributed by atoms with Crippen molar-refractivity contribution in [2.75, 3.05) is 11.9 Å². The molecule has 0 radical (unpaired) electrons. The lowest BCUT2D eigenvalue weighted by Gasteiger charge is -2.07. The Morgan fingerprint density at radius 2 is 1.84 bits per heavy atom. The van der Waals surface area contributed by atoms with Gasteiger partial charge in [0, 0.05) is 11.5 Å². The van der Waals surface area contributed by atoms with E-state index in [1.165, 1.54) is 6.07 Å². The lowest BCUT2D eigenvalue weighted by Crippen LogP contribution is -2.22. The monoisotopic (exact) mass is 342 g/mol. The van der Waals surface area contributed by atoms with Gasteiger partial charge in [-0.05, 0) is 24.3 Å². The Hall–Kier alpha value is -3.35. The number of halogens is 2. The number of para-hydroxylation sites is 1. The number of amides is 1. The van der Waals surface area contributed by atoms with Gasteiger partial charge < -0.3 is 10.1 Å². The Morgan fingerprint density at radius 3 is 2.68 bits per heavy atom. The molecule has 0 aliphatic rings. The fourth-order valence-corrected chi connectivity index (χ4v) is 2.16. The first kappa shape index (κ1) is 16.5. The van der Waals surface area contributed by atoms with E-state index in [1.54, 1.807) is 18.2 Å². The third-order valence-corrected chi connectivity index (χ3v) is 3.34. The molecule has 1 amide bonds. The van der Waals surface area contributed by atoms with Gasteiger partial charge >= 0.3 is 5.97 Å². The number of carbonyl (C=O) groups is 2. The van der Waals surface area contributed by atoms with Crippen molar-refractivity contribution in [1.29, 1.82) is 0 Å². The molecule has 7 heteroatoms. The van der Waals surface area contributed by atoms with Crippen molar-refractivity contribution in [3.63, 3.8) is 0 Å². The number of anilines is 1. The van der Waals surface area contributed by atoms with Gasteiger partial charge in [0.1, 0.15) is 17.3 Å². The summed E-state index contributed by atoms with van der Waals surface area (Å²) in [7, 11) is 0. The summed E-state index contributed by atoms with van der Waals surface area (Å²) in [5.41, 5.74) is 0.330. The predicted octanol–water partition coefficient (Wildman–Crippen LogP) is 3.31. The van der Waals surface area contributed by atoms with Crippen LogP contribution < -0.4 is 5.32 Å². The Bertz CT molecular complexity index is 960. The number of carbonyl (C=O) groups excluding carboxylic acids is 2. The minimum absolute atomic E-state index is 0.0448. The molecule has 0 atom stereocenters. The standard InChI is InChI=1S/C18H12F2N2O3/c19-12-6-7-13(20)16(9-12)22-17(23)10-25-18(24)15-8-5-11-3-1-2-4-14(11)21-15/h1-9H,10H2,(H,22,23). The highest BCUT2D eigenvalue weighted by molar-refractivity contribution is 5.95. The van der Waals surface area contributed by atoms with Crippen LogP contribution in [0.3, 0.4) is 0 Å². The largest absolute Gasteiger partial charge is 0.451 e. The summed E-state index contributed by atoms with van der Waals surface area (Å²) in [6.45, 7) is -0.650. The molecule has 0 saturated heterocycles. The zero-order valence-corrected chi connectivity index (χ0v) is 12.8. The number of rotatable bonds is 4. The zero-order chi connectivity index (χ0) is 17.8. The lowest BCUT2D eigenvalue weighted by atomic mass is 10.2. The van der Waals surface area contributed by atoms with Crippen molar-refractivity contribution in [3.8, 4) is 0 Å². The zero-order valence-electron chi connectivity index (χ0n) is 12.8. The molecule has 3 aromatic rings. The van der Waals surface area contributed by atoms with Crippen molar-refractivity contribution in [1.82, 2.24) is 4.98 Å². The van der Waals surface area contributed by atoms with E-state index < -0.39 is 30.1 Å². The van der Waals surface area contributed by atoms with Crippen molar-refractivity contribution in [3.05, 3.63) is 71.9 Å². The molecule has 1 aromatic heterocycles. The predicted molar refractivity (Wildman–Crippen MR) is 87.0 cm³/mol. The summed E-state index contributed by atoms with van der Waals surface area (Å²) < 4.78 is 31.3. The second kappa shape index (κ2) is 7.04. The fraction of sp³-hybridized carbons (Fsp3) is 0.0556. The van der Waals surface area contributed by atoms with Crippen LogP contribution in [-0.4, -0.2) is 23.5 Å². The van der Waals surface area contributed by atoms with E-state index in [-0.39, 0.29) is 11.4 Å². The number of aromatic nitrogens is 1. The molecule has 126 valence electrons. The van der Waals surface area contributed by atoms with Crippen LogP contribution in [0.25, 0.3) is 10.9 Å². The van der Waals surface area contributed by atoms with E-state index in [0.717, 1.165) is 23.6 Å². The van der Waals surface area contributed by atoms with E-state index in [1.807, 2.05) is 12.1 Å². The molecule has 0 saturated carbocycles. The molecule has 25 heavy (non-hydrogen) atoms. The Balaban J connectivity index is 1.62. The first-order chi connectivity index (χ1) is 12.0. The summed E-state index contributed by atoms with van der Waals surface area (Å²) in [6.07, 6.45) is 0. The first-order valence-electron chi connectivity index (χ1n) is 7.31. The quantitative estimate of drug-likeness (QED) is 0.739. The van der Waals surface area contributed by atoms with Gasteiger partial charge in [0.25, 0.3) is 5.91 Å². The van der Waals surface area contributed by atoms with Gasteiger partial charge in [-0.25, -0.2) is 18.6 Å². The molecule has 0 bridgehead atoms. The Morgan fingerprint density at radius 1 is 1.04 bits per heavy atom. The number of pyridine rings is 1. The van der Waals surface area contributed by atoms with Gasteiger partial charge in [-0.3, -0.25) is 4.79 Å². The van der Waals surface area contributed by atoms with Gasteiger partial charge in [0.05, 0.1) is 11.2 Å². The topological polar surface area (TPSA) is 68.3 Å². The normalized spacial score (nSPS) is 10.5. The second-order valence-corrected chi connectivity index (χ2v) is 5.14. The van der Waals surface area contributed by atoms with E-state index in [4.69, 9.17) is 4.74 Å². The number of nitrogens with one attached hydrogen (secondary N) is 1. The maximum Gasteiger partial charge on any atom is 0.357 e. The Kier molecular flexibility index (Phi) is 4.65. The second-order valence-electron chi connectivity index (χ2n) is 5.14. The number of fused-ring (bicyclic) bond motifs is 1. The average molecular weight is 342 g/mol. The van der Waals surface area contributed by atoms with Crippen LogP contribution in [0, 0.1) is 11.6 Å². The van der Waals surface area contributed by atoms with Crippen LogP contribution >= 0.6 is 0 Å².